The molecule has 3 aliphatic rings. The van der Waals surface area contributed by atoms with E-state index in [-0.39, 0.29) is 29.3 Å². The van der Waals surface area contributed by atoms with Crippen LogP contribution in [0.25, 0.3) is 0 Å². The predicted molar refractivity (Wildman–Crippen MR) is 171 cm³/mol. The molecule has 18 nitrogen and oxygen atoms in total. The van der Waals surface area contributed by atoms with Crippen LogP contribution in [-0.4, -0.2) is 99.4 Å². The second-order valence-corrected chi connectivity index (χ2v) is 14.3. The van der Waals surface area contributed by atoms with Gasteiger partial charge in [-0.2, -0.15) is 13.5 Å². The van der Waals surface area contributed by atoms with E-state index in [2.05, 4.69) is 25.1 Å². The number of nitrogens with zero attached hydrogens (tertiary/aromatic N) is 4. The predicted octanol–water partition coefficient (Wildman–Crippen LogP) is -0.0212. The Morgan fingerprint density at radius 1 is 1.38 bits per heavy atom. The van der Waals surface area contributed by atoms with Crippen molar-refractivity contribution in [3.8, 4) is 5.75 Å². The summed E-state index contributed by atoms with van der Waals surface area (Å²) in [5.41, 5.74) is 9.27. The van der Waals surface area contributed by atoms with Crippen LogP contribution in [-0.2, 0) is 40.3 Å². The fourth-order valence-electron chi connectivity index (χ4n) is 5.55. The van der Waals surface area contributed by atoms with Crippen molar-refractivity contribution in [1.29, 1.82) is 0 Å². The maximum Gasteiger partial charge on any atom is 0.418 e. The molecule has 2 amide bonds. The molecule has 0 aliphatic carbocycles. The van der Waals surface area contributed by atoms with Crippen LogP contribution < -0.4 is 26.8 Å². The van der Waals surface area contributed by atoms with Crippen molar-refractivity contribution in [3.05, 3.63) is 40.4 Å². The third kappa shape index (κ3) is 7.06. The molecule has 0 unspecified atom stereocenters. The number of nitrogens with one attached hydrogen (secondary N) is 2. The number of aryl methyl sites for hydroxylation is 1. The van der Waals surface area contributed by atoms with Gasteiger partial charge in [-0.15, -0.1) is 15.6 Å². The molecule has 0 bridgehead atoms. The van der Waals surface area contributed by atoms with E-state index in [1.54, 1.807) is 6.07 Å². The van der Waals surface area contributed by atoms with Crippen LogP contribution in [0.2, 0.25) is 0 Å². The average molecular weight is 709 g/mol. The molecule has 260 valence electrons. The van der Waals surface area contributed by atoms with E-state index < -0.39 is 57.2 Å². The molecule has 0 radical (unpaired) electrons. The van der Waals surface area contributed by atoms with Gasteiger partial charge in [0.1, 0.15) is 23.3 Å². The minimum atomic E-state index is -5.02. The van der Waals surface area contributed by atoms with Gasteiger partial charge < -0.3 is 36.8 Å². The first kappa shape index (κ1) is 35.0. The Morgan fingerprint density at radius 2 is 2.10 bits per heavy atom. The summed E-state index contributed by atoms with van der Waals surface area (Å²) in [6, 6.07) is 4.25. The smallest absolute Gasteiger partial charge is 0.418 e. The zero-order valence-corrected chi connectivity index (χ0v) is 28.0. The minimum absolute atomic E-state index is 0.0228. The number of aliphatic carboxylic acids is 1. The largest absolute Gasteiger partial charge is 0.485 e. The molecule has 3 aliphatic heterocycles. The molecule has 1 saturated heterocycles. The van der Waals surface area contributed by atoms with Gasteiger partial charge in [0.25, 0.3) is 17.4 Å². The van der Waals surface area contributed by atoms with Crippen molar-refractivity contribution in [2.45, 2.75) is 82.3 Å². The van der Waals surface area contributed by atoms with Gasteiger partial charge in [-0.3, -0.25) is 19.1 Å². The van der Waals surface area contributed by atoms with Crippen molar-refractivity contribution in [2.75, 3.05) is 12.3 Å². The van der Waals surface area contributed by atoms with Crippen molar-refractivity contribution >= 4 is 56.2 Å². The molecule has 0 spiro atoms. The summed E-state index contributed by atoms with van der Waals surface area (Å²) in [4.78, 5) is 53.1. The SMILES string of the molecule is C[C@@H](N)C[C@H]1CNC(c2ccc3c(c2)CC[C@H]([C@](C)(O/N=C(\C(=O)N[C@@H]2C(=O)N(OS(=O)(=O)O)C2(C)C)c2csc(N)n2)C(=O)O)O3)=N1. The minimum Gasteiger partial charge on any atom is -0.485 e. The second kappa shape index (κ2) is 12.9. The molecule has 20 heteroatoms. The molecule has 5 rings (SSSR count). The lowest BCUT2D eigenvalue weighted by molar-refractivity contribution is -0.218. The number of benzene rings is 1. The van der Waals surface area contributed by atoms with Gasteiger partial charge in [-0.25, -0.2) is 9.78 Å². The molecular formula is C28H36N8O10S2. The highest BCUT2D eigenvalue weighted by molar-refractivity contribution is 7.80. The molecule has 5 atom stereocenters. The summed E-state index contributed by atoms with van der Waals surface area (Å²) in [6.07, 6.45) is 0.375. The topological polar surface area (TPSA) is 270 Å². The molecular weight excluding hydrogens is 672 g/mol. The number of hydroxylamine groups is 2. The van der Waals surface area contributed by atoms with E-state index in [4.69, 9.17) is 30.6 Å². The van der Waals surface area contributed by atoms with Crippen LogP contribution in [0.5, 0.6) is 5.75 Å². The first-order valence-electron chi connectivity index (χ1n) is 14.8. The summed E-state index contributed by atoms with van der Waals surface area (Å²) in [6.45, 7) is 6.62. The molecule has 8 N–H and O–H groups in total. The highest BCUT2D eigenvalue weighted by atomic mass is 32.3. The number of nitrogen functional groups attached to an aromatic ring is 1. The number of carboxylic acid groups (broad SMARTS) is 1. The number of β-lactam (4-membered cyclic amide) rings is 1. The molecule has 2 aromatic rings. The number of carboxylic acids is 1. The first-order valence-corrected chi connectivity index (χ1v) is 17.0. The summed E-state index contributed by atoms with van der Waals surface area (Å²) in [5, 5.41) is 21.7. The van der Waals surface area contributed by atoms with Crippen LogP contribution in [0.15, 0.2) is 33.7 Å². The van der Waals surface area contributed by atoms with E-state index in [1.165, 1.54) is 26.2 Å². The summed E-state index contributed by atoms with van der Waals surface area (Å²) >= 11 is 0.970. The maximum atomic E-state index is 13.4. The monoisotopic (exact) mass is 708 g/mol. The van der Waals surface area contributed by atoms with E-state index in [9.17, 15) is 27.9 Å². The Kier molecular flexibility index (Phi) is 9.40. The second-order valence-electron chi connectivity index (χ2n) is 12.4. The fourth-order valence-corrected chi connectivity index (χ4v) is 6.55. The van der Waals surface area contributed by atoms with Crippen molar-refractivity contribution in [2.24, 2.45) is 15.9 Å². The van der Waals surface area contributed by atoms with Crippen molar-refractivity contribution in [1.82, 2.24) is 20.7 Å². The standard InChI is InChI=1S/C28H36N8O10S2/c1-13(29)9-16-11-31-22(32-16)15-5-7-18-14(10-15)6-8-19(44-18)28(4,25(39)40)45-35-20(17-12-47-26(30)33-17)23(37)34-21-24(38)36(27(21,2)3)46-48(41,42)43/h5,7,10,12-13,16,19,21H,6,8-9,11,29H2,1-4H3,(H2,30,33)(H,31,32)(H,34,37)(H,39,40)(H,41,42,43)/b35-20-/t13-,16+,19-,21-,28+/m1/s1. The number of carbonyl (C=O) groups is 3. The number of amides is 2. The van der Waals surface area contributed by atoms with Gasteiger partial charge >= 0.3 is 16.4 Å². The molecule has 0 saturated carbocycles. The lowest BCUT2D eigenvalue weighted by Gasteiger charge is -2.50. The lowest BCUT2D eigenvalue weighted by atomic mass is 9.84. The normalized spacial score (nSPS) is 23.8. The summed E-state index contributed by atoms with van der Waals surface area (Å²) < 4.78 is 41.7. The number of nitrogens with two attached hydrogens (primary N) is 2. The van der Waals surface area contributed by atoms with E-state index >= 15 is 0 Å². The van der Waals surface area contributed by atoms with Gasteiger partial charge in [0.2, 0.25) is 0 Å². The highest BCUT2D eigenvalue weighted by Crippen LogP contribution is 2.35. The number of aromatic nitrogens is 1. The summed E-state index contributed by atoms with van der Waals surface area (Å²) in [7, 11) is -5.02. The van der Waals surface area contributed by atoms with Crippen molar-refractivity contribution < 1.29 is 46.3 Å². The van der Waals surface area contributed by atoms with Gasteiger partial charge in [-0.05, 0) is 70.7 Å². The third-order valence-corrected chi connectivity index (χ3v) is 9.22. The zero-order chi connectivity index (χ0) is 35.2. The Balaban J connectivity index is 1.35. The number of hydrogen-bond donors (Lipinski definition) is 6. The number of anilines is 1. The molecule has 1 aromatic heterocycles. The highest BCUT2D eigenvalue weighted by Gasteiger charge is 2.58. The Labute approximate surface area is 279 Å². The molecule has 48 heavy (non-hydrogen) atoms. The van der Waals surface area contributed by atoms with Crippen molar-refractivity contribution in [3.63, 3.8) is 0 Å². The van der Waals surface area contributed by atoms with E-state index in [0.717, 1.165) is 34.7 Å². The molecule has 1 fully saturated rings. The average Bonchev–Trinajstić information content (AvgIpc) is 3.66. The summed E-state index contributed by atoms with van der Waals surface area (Å²) in [5.74, 6) is -2.23. The van der Waals surface area contributed by atoms with E-state index in [0.29, 0.717) is 23.8 Å². The number of aliphatic imine (C=N–C) groups is 1. The Hall–Kier alpha value is -4.37. The van der Waals surface area contributed by atoms with Gasteiger partial charge in [0.05, 0.1) is 11.6 Å². The van der Waals surface area contributed by atoms with E-state index in [1.807, 2.05) is 19.1 Å². The maximum absolute atomic E-state index is 13.4. The third-order valence-electron chi connectivity index (χ3n) is 8.21. The van der Waals surface area contributed by atoms with Gasteiger partial charge in [-0.1, -0.05) is 5.16 Å². The number of ether oxygens (including phenoxy) is 1. The first-order chi connectivity index (χ1) is 22.4. The number of oxime groups is 1. The van der Waals surface area contributed by atoms with Crippen LogP contribution in [0.1, 0.15) is 57.4 Å². The number of thiazole rings is 1. The molecule has 1 aromatic carbocycles. The quantitative estimate of drug-likeness (QED) is 0.0732. The van der Waals surface area contributed by atoms with Crippen LogP contribution >= 0.6 is 11.3 Å². The Bertz CT molecular complexity index is 1790. The number of fused-ring (bicyclic) bond motifs is 1. The van der Waals surface area contributed by atoms with Crippen LogP contribution in [0.3, 0.4) is 0 Å². The zero-order valence-electron chi connectivity index (χ0n) is 26.4. The van der Waals surface area contributed by atoms with Gasteiger partial charge in [0.15, 0.2) is 16.9 Å². The molecule has 4 heterocycles. The van der Waals surface area contributed by atoms with Crippen LogP contribution in [0, 0.1) is 0 Å². The fraction of sp³-hybridized carbons (Fsp3) is 0.500. The number of amidine groups is 1. The Morgan fingerprint density at radius 3 is 2.71 bits per heavy atom. The number of carbonyl (C=O) groups excluding carboxylic acids is 2. The lowest BCUT2D eigenvalue weighted by Crippen LogP contribution is -2.76. The van der Waals surface area contributed by atoms with Crippen LogP contribution in [0.4, 0.5) is 5.13 Å². The number of hydrogen-bond acceptors (Lipinski definition) is 15. The van der Waals surface area contributed by atoms with Gasteiger partial charge in [0, 0.05) is 23.5 Å². The number of rotatable bonds is 12.